The van der Waals surface area contributed by atoms with E-state index in [2.05, 4.69) is 6.92 Å². The van der Waals surface area contributed by atoms with Gasteiger partial charge in [-0.2, -0.15) is 0 Å². The molecule has 0 aromatic carbocycles. The van der Waals surface area contributed by atoms with E-state index in [1.54, 1.807) is 0 Å². The molecular formula is C14H19NO2S. The highest BCUT2D eigenvalue weighted by atomic mass is 32.1. The predicted octanol–water partition coefficient (Wildman–Crippen LogP) is 3.25. The fraction of sp³-hybridized carbons (Fsp3) is 0.714. The number of hydrogen-bond donors (Lipinski definition) is 0. The molecular weight excluding hydrogens is 246 g/mol. The van der Waals surface area contributed by atoms with E-state index >= 15 is 0 Å². The molecule has 3 rings (SSSR count). The summed E-state index contributed by atoms with van der Waals surface area (Å²) in [6.07, 6.45) is 4.33. The van der Waals surface area contributed by atoms with Crippen LogP contribution in [0.15, 0.2) is 0 Å². The van der Waals surface area contributed by atoms with Crippen molar-refractivity contribution in [3.05, 3.63) is 15.6 Å². The molecule has 1 aromatic heterocycles. The van der Waals surface area contributed by atoms with E-state index < -0.39 is 0 Å². The molecule has 3 nitrogen and oxygen atoms in total. The first-order valence-electron chi connectivity index (χ1n) is 6.86. The van der Waals surface area contributed by atoms with Gasteiger partial charge < -0.3 is 4.74 Å². The van der Waals surface area contributed by atoms with Gasteiger partial charge in [0.05, 0.1) is 17.3 Å². The standard InChI is InChI=1S/C14H19NO2S/c1-3-17-14(16)9-5-4-6-11-12(9)15-13(18-11)10-7-8(10)2/h8-10H,3-7H2,1-2H3. The number of fused-ring (bicyclic) bond motifs is 1. The zero-order valence-electron chi connectivity index (χ0n) is 10.9. The zero-order valence-corrected chi connectivity index (χ0v) is 11.8. The van der Waals surface area contributed by atoms with Crippen LogP contribution >= 0.6 is 11.3 Å². The lowest BCUT2D eigenvalue weighted by Gasteiger charge is -2.19. The van der Waals surface area contributed by atoms with E-state index in [-0.39, 0.29) is 11.9 Å². The quantitative estimate of drug-likeness (QED) is 0.788. The summed E-state index contributed by atoms with van der Waals surface area (Å²) in [7, 11) is 0. The van der Waals surface area contributed by atoms with Gasteiger partial charge in [-0.05, 0) is 38.5 Å². The number of nitrogens with zero attached hydrogens (tertiary/aromatic N) is 1. The van der Waals surface area contributed by atoms with Gasteiger partial charge in [0, 0.05) is 10.8 Å². The van der Waals surface area contributed by atoms with Crippen LogP contribution < -0.4 is 0 Å². The van der Waals surface area contributed by atoms with Crippen LogP contribution in [0.4, 0.5) is 0 Å². The molecule has 1 heterocycles. The molecule has 0 bridgehead atoms. The number of rotatable bonds is 3. The van der Waals surface area contributed by atoms with Crippen LogP contribution in [0.1, 0.15) is 60.5 Å². The average Bonchev–Trinajstić information content (AvgIpc) is 2.92. The van der Waals surface area contributed by atoms with E-state index in [4.69, 9.17) is 9.72 Å². The van der Waals surface area contributed by atoms with Crippen LogP contribution in [0.3, 0.4) is 0 Å². The minimum Gasteiger partial charge on any atom is -0.465 e. The minimum absolute atomic E-state index is 0.0841. The van der Waals surface area contributed by atoms with Crippen molar-refractivity contribution in [2.45, 2.75) is 51.4 Å². The third-order valence-electron chi connectivity index (χ3n) is 3.97. The average molecular weight is 265 g/mol. The molecule has 1 aromatic rings. The fourth-order valence-corrected chi connectivity index (χ4v) is 4.15. The van der Waals surface area contributed by atoms with Gasteiger partial charge in [0.15, 0.2) is 0 Å². The van der Waals surface area contributed by atoms with Crippen molar-refractivity contribution in [3.63, 3.8) is 0 Å². The van der Waals surface area contributed by atoms with Crippen LogP contribution in [0.25, 0.3) is 0 Å². The van der Waals surface area contributed by atoms with Gasteiger partial charge in [-0.25, -0.2) is 4.98 Å². The number of aromatic nitrogens is 1. The summed E-state index contributed by atoms with van der Waals surface area (Å²) in [6, 6.07) is 0. The number of ether oxygens (including phenoxy) is 1. The second kappa shape index (κ2) is 4.65. The van der Waals surface area contributed by atoms with Crippen molar-refractivity contribution in [1.82, 2.24) is 4.98 Å². The SMILES string of the molecule is CCOC(=O)C1CCCc2sc(C3CC3C)nc21. The van der Waals surface area contributed by atoms with Crippen molar-refractivity contribution >= 4 is 17.3 Å². The lowest BCUT2D eigenvalue weighted by molar-refractivity contribution is -0.145. The summed E-state index contributed by atoms with van der Waals surface area (Å²) in [5, 5.41) is 1.25. The van der Waals surface area contributed by atoms with Gasteiger partial charge in [0.2, 0.25) is 0 Å². The van der Waals surface area contributed by atoms with Gasteiger partial charge in [-0.1, -0.05) is 6.92 Å². The second-order valence-electron chi connectivity index (χ2n) is 5.38. The van der Waals surface area contributed by atoms with E-state index in [1.165, 1.54) is 16.3 Å². The Morgan fingerprint density at radius 1 is 1.56 bits per heavy atom. The van der Waals surface area contributed by atoms with E-state index in [1.807, 2.05) is 18.3 Å². The smallest absolute Gasteiger partial charge is 0.315 e. The van der Waals surface area contributed by atoms with Gasteiger partial charge in [0.1, 0.15) is 5.92 Å². The summed E-state index contributed by atoms with van der Waals surface area (Å²) in [4.78, 5) is 18.1. The second-order valence-corrected chi connectivity index (χ2v) is 6.49. The fourth-order valence-electron chi connectivity index (χ4n) is 2.73. The molecule has 0 saturated heterocycles. The van der Waals surface area contributed by atoms with Gasteiger partial charge in [-0.3, -0.25) is 4.79 Å². The summed E-state index contributed by atoms with van der Waals surface area (Å²) in [5.41, 5.74) is 1.03. The van der Waals surface area contributed by atoms with Crippen LogP contribution in [-0.2, 0) is 16.0 Å². The lowest BCUT2D eigenvalue weighted by atomic mass is 9.91. The maximum absolute atomic E-state index is 12.0. The molecule has 98 valence electrons. The molecule has 0 amide bonds. The van der Waals surface area contributed by atoms with Gasteiger partial charge in [0.25, 0.3) is 0 Å². The number of carbonyl (C=O) groups excluding carboxylic acids is 1. The number of hydrogen-bond acceptors (Lipinski definition) is 4. The third kappa shape index (κ3) is 2.07. The molecule has 4 heteroatoms. The van der Waals surface area contributed by atoms with Gasteiger partial charge >= 0.3 is 5.97 Å². The Hall–Kier alpha value is -0.900. The Bertz CT molecular complexity index is 468. The highest BCUT2D eigenvalue weighted by Gasteiger charge is 2.39. The molecule has 2 aliphatic carbocycles. The maximum atomic E-state index is 12.0. The topological polar surface area (TPSA) is 39.2 Å². The molecule has 1 saturated carbocycles. The number of esters is 1. The highest BCUT2D eigenvalue weighted by Crippen LogP contribution is 2.50. The van der Waals surface area contributed by atoms with E-state index in [0.29, 0.717) is 12.5 Å². The lowest BCUT2D eigenvalue weighted by Crippen LogP contribution is -2.20. The largest absolute Gasteiger partial charge is 0.465 e. The highest BCUT2D eigenvalue weighted by molar-refractivity contribution is 7.11. The molecule has 1 fully saturated rings. The van der Waals surface area contributed by atoms with Crippen LogP contribution in [0.5, 0.6) is 0 Å². The molecule has 0 N–H and O–H groups in total. The first-order valence-corrected chi connectivity index (χ1v) is 7.68. The Morgan fingerprint density at radius 2 is 2.33 bits per heavy atom. The zero-order chi connectivity index (χ0) is 12.7. The van der Waals surface area contributed by atoms with E-state index in [0.717, 1.165) is 30.9 Å². The maximum Gasteiger partial charge on any atom is 0.315 e. The summed E-state index contributed by atoms with van der Waals surface area (Å²) in [6.45, 7) is 4.59. The van der Waals surface area contributed by atoms with Crippen LogP contribution in [0.2, 0.25) is 0 Å². The predicted molar refractivity (Wildman–Crippen MR) is 70.9 cm³/mol. The Balaban J connectivity index is 1.85. The molecule has 2 aliphatic rings. The number of carbonyl (C=O) groups is 1. The third-order valence-corrected chi connectivity index (χ3v) is 5.23. The number of aryl methyl sites for hydroxylation is 1. The van der Waals surface area contributed by atoms with Crippen molar-refractivity contribution in [2.24, 2.45) is 5.92 Å². The molecule has 18 heavy (non-hydrogen) atoms. The Labute approximate surface area is 112 Å². The first-order chi connectivity index (χ1) is 8.70. The first kappa shape index (κ1) is 12.2. The normalized spacial score (nSPS) is 29.8. The minimum atomic E-state index is -0.104. The Kier molecular flexibility index (Phi) is 3.14. The molecule has 0 radical (unpaired) electrons. The molecule has 0 aliphatic heterocycles. The molecule has 3 unspecified atom stereocenters. The van der Waals surface area contributed by atoms with E-state index in [9.17, 15) is 4.79 Å². The Morgan fingerprint density at radius 3 is 3.00 bits per heavy atom. The van der Waals surface area contributed by atoms with Crippen LogP contribution in [-0.4, -0.2) is 17.6 Å². The molecule has 0 spiro atoms. The van der Waals surface area contributed by atoms with Crippen molar-refractivity contribution < 1.29 is 9.53 Å². The number of thiazole rings is 1. The monoisotopic (exact) mass is 265 g/mol. The summed E-state index contributed by atoms with van der Waals surface area (Å²) in [5.74, 6) is 1.24. The summed E-state index contributed by atoms with van der Waals surface area (Å²) >= 11 is 1.83. The summed E-state index contributed by atoms with van der Waals surface area (Å²) < 4.78 is 5.17. The van der Waals surface area contributed by atoms with Crippen molar-refractivity contribution in [3.8, 4) is 0 Å². The van der Waals surface area contributed by atoms with Crippen molar-refractivity contribution in [2.75, 3.05) is 6.61 Å². The van der Waals surface area contributed by atoms with Crippen LogP contribution in [0, 0.1) is 5.92 Å². The van der Waals surface area contributed by atoms with Gasteiger partial charge in [-0.15, -0.1) is 11.3 Å². The van der Waals surface area contributed by atoms with Crippen molar-refractivity contribution in [1.29, 1.82) is 0 Å². The molecule has 3 atom stereocenters.